The van der Waals surface area contributed by atoms with Gasteiger partial charge in [0.25, 0.3) is 5.91 Å². The van der Waals surface area contributed by atoms with Gasteiger partial charge in [0, 0.05) is 43.8 Å². The predicted molar refractivity (Wildman–Crippen MR) is 185 cm³/mol. The molecule has 6 rings (SSSR count). The lowest BCUT2D eigenvalue weighted by Crippen LogP contribution is -2.31. The van der Waals surface area contributed by atoms with Crippen LogP contribution in [0.4, 0.5) is 21.5 Å². The van der Waals surface area contributed by atoms with Crippen molar-refractivity contribution in [1.82, 2.24) is 29.4 Å². The molecule has 1 atom stereocenters. The number of nitrogens with one attached hydrogen (secondary N) is 3. The van der Waals surface area contributed by atoms with E-state index in [1.807, 2.05) is 48.7 Å². The molecule has 3 N–H and O–H groups in total. The average Bonchev–Trinajstić information content (AvgIpc) is 3.83. The number of likely N-dealkylation sites (N-methyl/N-ethyl adjacent to an activating group) is 1. The van der Waals surface area contributed by atoms with Crippen molar-refractivity contribution < 1.29 is 9.18 Å². The fourth-order valence-corrected chi connectivity index (χ4v) is 5.92. The van der Waals surface area contributed by atoms with E-state index in [0.717, 1.165) is 42.0 Å². The normalized spacial score (nSPS) is 14.9. The Morgan fingerprint density at radius 2 is 2.00 bits per heavy atom. The summed E-state index contributed by atoms with van der Waals surface area (Å²) in [6, 6.07) is 15.5. The molecule has 11 heteroatoms. The second-order valence-electron chi connectivity index (χ2n) is 13.0. The van der Waals surface area contributed by atoms with E-state index in [-0.39, 0.29) is 11.1 Å². The molecule has 10 nitrogen and oxygen atoms in total. The van der Waals surface area contributed by atoms with Crippen molar-refractivity contribution in [2.75, 3.05) is 37.8 Å². The Kier molecular flexibility index (Phi) is 9.01. The molecule has 48 heavy (non-hydrogen) atoms. The third-order valence-electron chi connectivity index (χ3n) is 8.86. The van der Waals surface area contributed by atoms with Crippen LogP contribution in [0.15, 0.2) is 67.3 Å². The van der Waals surface area contributed by atoms with Crippen LogP contribution >= 0.6 is 0 Å². The maximum atomic E-state index is 16.0. The molecule has 2 aromatic carbocycles. The summed E-state index contributed by atoms with van der Waals surface area (Å²) in [5, 5.41) is 22.8. The average molecular weight is 644 g/mol. The van der Waals surface area contributed by atoms with Crippen molar-refractivity contribution in [2.45, 2.75) is 45.2 Å². The lowest BCUT2D eigenvalue weighted by Gasteiger charge is -2.23. The molecule has 0 bridgehead atoms. The lowest BCUT2D eigenvalue weighted by atomic mass is 9.85. The fraction of sp³-hybridized carbons (Fsp3) is 0.297. The molecule has 1 saturated heterocycles. The van der Waals surface area contributed by atoms with Gasteiger partial charge in [-0.3, -0.25) is 19.2 Å². The van der Waals surface area contributed by atoms with E-state index in [9.17, 15) is 10.1 Å². The maximum absolute atomic E-state index is 16.0. The Bertz CT molecular complexity index is 2080. The topological polar surface area (TPSA) is 117 Å². The number of hydrogen-bond donors (Lipinski definition) is 3. The number of aromatic amines is 1. The molecule has 5 aromatic rings. The van der Waals surface area contributed by atoms with E-state index < -0.39 is 17.1 Å². The highest BCUT2D eigenvalue weighted by Crippen LogP contribution is 2.29. The summed E-state index contributed by atoms with van der Waals surface area (Å²) in [5.74, 6) is 4.71. The van der Waals surface area contributed by atoms with E-state index in [2.05, 4.69) is 67.6 Å². The van der Waals surface area contributed by atoms with Crippen LogP contribution in [-0.2, 0) is 12.0 Å². The maximum Gasteiger partial charge on any atom is 0.258 e. The number of hydrogen-bond acceptors (Lipinski definition) is 7. The standard InChI is InChI=1S/C37H38FN9O/c1-24-8-10-32(34(38)31(24)11-9-29-20-40-35-33(7-6-13-47(29)35)43-28-18-41-42-19-28)36(48)44-27-16-25(15-26(17-27)37(2,3)23-39)21-46-14-12-30(22-46)45(4)5/h6-8,10,13,15-20,30,43H,12,14,21-22H2,1-5H3,(H,41,42)(H,44,48). The predicted octanol–water partition coefficient (Wildman–Crippen LogP) is 5.84. The van der Waals surface area contributed by atoms with Crippen LogP contribution in [0.5, 0.6) is 0 Å². The van der Waals surface area contributed by atoms with E-state index in [0.29, 0.717) is 35.2 Å². The van der Waals surface area contributed by atoms with Crippen LogP contribution in [0.2, 0.25) is 0 Å². The zero-order valence-electron chi connectivity index (χ0n) is 27.7. The lowest BCUT2D eigenvalue weighted by molar-refractivity contribution is 0.102. The van der Waals surface area contributed by atoms with Crippen LogP contribution in [0, 0.1) is 35.9 Å². The molecule has 1 aliphatic heterocycles. The number of H-pyrrole nitrogens is 1. The molecule has 1 unspecified atom stereocenters. The Morgan fingerprint density at radius 1 is 1.17 bits per heavy atom. The summed E-state index contributed by atoms with van der Waals surface area (Å²) in [6.07, 6.45) is 7.95. The Hall–Kier alpha value is -5.49. The third kappa shape index (κ3) is 6.79. The van der Waals surface area contributed by atoms with Crippen LogP contribution in [0.25, 0.3) is 5.65 Å². The van der Waals surface area contributed by atoms with Gasteiger partial charge < -0.3 is 15.5 Å². The Labute approximate surface area is 279 Å². The number of anilines is 3. The number of amides is 1. The number of rotatable bonds is 8. The second kappa shape index (κ2) is 13.3. The first-order valence-corrected chi connectivity index (χ1v) is 15.8. The summed E-state index contributed by atoms with van der Waals surface area (Å²) in [4.78, 5) is 22.7. The largest absolute Gasteiger partial charge is 0.350 e. The van der Waals surface area contributed by atoms with Crippen molar-refractivity contribution in [3.05, 3.63) is 107 Å². The molecule has 0 radical (unpaired) electrons. The number of likely N-dealkylation sites (tertiary alicyclic amines) is 1. The number of pyridine rings is 1. The van der Waals surface area contributed by atoms with E-state index >= 15 is 4.39 Å². The minimum atomic E-state index is -0.779. The van der Waals surface area contributed by atoms with Crippen molar-refractivity contribution in [3.8, 4) is 17.9 Å². The highest BCUT2D eigenvalue weighted by Gasteiger charge is 2.26. The molecule has 3 aromatic heterocycles. The molecule has 4 heterocycles. The highest BCUT2D eigenvalue weighted by atomic mass is 19.1. The third-order valence-corrected chi connectivity index (χ3v) is 8.86. The zero-order valence-corrected chi connectivity index (χ0v) is 27.7. The number of aromatic nitrogens is 4. The van der Waals surface area contributed by atoms with Crippen LogP contribution in [0.1, 0.15) is 58.6 Å². The van der Waals surface area contributed by atoms with Gasteiger partial charge in [-0.2, -0.15) is 10.4 Å². The highest BCUT2D eigenvalue weighted by molar-refractivity contribution is 6.05. The number of benzene rings is 2. The Morgan fingerprint density at radius 3 is 2.73 bits per heavy atom. The Balaban J connectivity index is 1.26. The molecule has 1 aliphatic rings. The van der Waals surface area contributed by atoms with Gasteiger partial charge in [0.2, 0.25) is 0 Å². The van der Waals surface area contributed by atoms with Gasteiger partial charge in [0.1, 0.15) is 5.69 Å². The van der Waals surface area contributed by atoms with Gasteiger partial charge in [-0.05, 0) is 94.2 Å². The number of halogens is 1. The SMILES string of the molecule is Cc1ccc(C(=O)Nc2cc(CN3CCC(N(C)C)C3)cc(C(C)(C)C#N)c2)c(F)c1C#Cc1cnc2c(Nc3cn[nH]c3)cccn12. The molecule has 1 amide bonds. The molecule has 0 spiro atoms. The minimum Gasteiger partial charge on any atom is -0.350 e. The fourth-order valence-electron chi connectivity index (χ4n) is 5.92. The molecule has 1 fully saturated rings. The van der Waals surface area contributed by atoms with Crippen molar-refractivity contribution in [1.29, 1.82) is 5.26 Å². The van der Waals surface area contributed by atoms with Gasteiger partial charge in [0.05, 0.1) is 46.4 Å². The molecular formula is C37H38FN9O. The van der Waals surface area contributed by atoms with Gasteiger partial charge in [-0.25, -0.2) is 9.37 Å². The first-order chi connectivity index (χ1) is 23.0. The van der Waals surface area contributed by atoms with Gasteiger partial charge in [-0.1, -0.05) is 18.1 Å². The van der Waals surface area contributed by atoms with Gasteiger partial charge in [-0.15, -0.1) is 0 Å². The summed E-state index contributed by atoms with van der Waals surface area (Å²) in [5.41, 5.74) is 4.88. The van der Waals surface area contributed by atoms with Crippen molar-refractivity contribution in [3.63, 3.8) is 0 Å². The number of imidazole rings is 1. The monoisotopic (exact) mass is 643 g/mol. The van der Waals surface area contributed by atoms with Gasteiger partial charge >= 0.3 is 0 Å². The summed E-state index contributed by atoms with van der Waals surface area (Å²) < 4.78 is 17.8. The summed E-state index contributed by atoms with van der Waals surface area (Å²) in [6.45, 7) is 8.05. The second-order valence-corrected chi connectivity index (χ2v) is 13.0. The molecule has 0 saturated carbocycles. The van der Waals surface area contributed by atoms with E-state index in [4.69, 9.17) is 0 Å². The van der Waals surface area contributed by atoms with Crippen LogP contribution in [-0.4, -0.2) is 68.5 Å². The zero-order chi connectivity index (χ0) is 34.0. The quantitative estimate of drug-likeness (QED) is 0.182. The van der Waals surface area contributed by atoms with Crippen molar-refractivity contribution in [2.24, 2.45) is 0 Å². The summed E-state index contributed by atoms with van der Waals surface area (Å²) in [7, 11) is 4.19. The van der Waals surface area contributed by atoms with Gasteiger partial charge in [0.15, 0.2) is 11.5 Å². The van der Waals surface area contributed by atoms with Crippen molar-refractivity contribution >= 4 is 28.6 Å². The van der Waals surface area contributed by atoms with Crippen LogP contribution < -0.4 is 10.6 Å². The minimum absolute atomic E-state index is 0.116. The summed E-state index contributed by atoms with van der Waals surface area (Å²) >= 11 is 0. The number of aryl methyl sites for hydroxylation is 1. The number of fused-ring (bicyclic) bond motifs is 1. The number of nitriles is 1. The first kappa shape index (κ1) is 32.5. The number of nitrogens with zero attached hydrogens (tertiary/aromatic N) is 6. The molecule has 0 aliphatic carbocycles. The smallest absolute Gasteiger partial charge is 0.258 e. The van der Waals surface area contributed by atoms with E-state index in [1.54, 1.807) is 37.6 Å². The van der Waals surface area contributed by atoms with E-state index in [1.165, 1.54) is 6.07 Å². The number of carbonyl (C=O) groups is 1. The number of carbonyl (C=O) groups excluding carboxylic acids is 1. The van der Waals surface area contributed by atoms with Crippen LogP contribution in [0.3, 0.4) is 0 Å². The first-order valence-electron chi connectivity index (χ1n) is 15.8. The molecular weight excluding hydrogens is 605 g/mol. The molecule has 244 valence electrons.